The SMILES string of the molecule is CN(Cc1nc2ccccc2s1)C(=O)NCCCCOc1ccc(F)cc1. The van der Waals surface area contributed by atoms with Gasteiger partial charge in [0.2, 0.25) is 0 Å². The number of carbonyl (C=O) groups is 1. The molecule has 1 aromatic heterocycles. The molecule has 0 saturated heterocycles. The summed E-state index contributed by atoms with van der Waals surface area (Å²) in [5.41, 5.74) is 0.965. The number of ether oxygens (including phenoxy) is 1. The summed E-state index contributed by atoms with van der Waals surface area (Å²) in [6, 6.07) is 13.8. The molecule has 2 amide bonds. The molecular formula is C20H22FN3O2S. The van der Waals surface area contributed by atoms with Gasteiger partial charge in [-0.25, -0.2) is 14.2 Å². The van der Waals surface area contributed by atoms with Crippen LogP contribution in [0.25, 0.3) is 10.2 Å². The number of benzene rings is 2. The second-order valence-electron chi connectivity index (χ2n) is 6.17. The maximum atomic E-state index is 12.8. The van der Waals surface area contributed by atoms with Gasteiger partial charge in [0, 0.05) is 13.6 Å². The van der Waals surface area contributed by atoms with Crippen LogP contribution in [-0.4, -0.2) is 36.1 Å². The van der Waals surface area contributed by atoms with Gasteiger partial charge in [-0.1, -0.05) is 12.1 Å². The Morgan fingerprint density at radius 3 is 2.74 bits per heavy atom. The minimum absolute atomic E-state index is 0.117. The van der Waals surface area contributed by atoms with E-state index in [4.69, 9.17) is 4.74 Å². The molecule has 0 aliphatic carbocycles. The van der Waals surface area contributed by atoms with Gasteiger partial charge in [-0.3, -0.25) is 0 Å². The number of nitrogens with one attached hydrogen (secondary N) is 1. The molecule has 0 bridgehead atoms. The molecule has 0 atom stereocenters. The van der Waals surface area contributed by atoms with Crippen LogP contribution in [-0.2, 0) is 6.54 Å². The maximum Gasteiger partial charge on any atom is 0.317 e. The molecule has 0 fully saturated rings. The van der Waals surface area contributed by atoms with Crippen LogP contribution in [0.2, 0.25) is 0 Å². The van der Waals surface area contributed by atoms with Gasteiger partial charge in [0.05, 0.1) is 23.4 Å². The minimum Gasteiger partial charge on any atom is -0.494 e. The number of amides is 2. The quantitative estimate of drug-likeness (QED) is 0.582. The van der Waals surface area contributed by atoms with Gasteiger partial charge in [-0.15, -0.1) is 11.3 Å². The molecule has 0 aliphatic rings. The first-order valence-electron chi connectivity index (χ1n) is 8.83. The van der Waals surface area contributed by atoms with Crippen molar-refractivity contribution in [2.24, 2.45) is 0 Å². The Bertz CT molecular complexity index is 849. The summed E-state index contributed by atoms with van der Waals surface area (Å²) in [4.78, 5) is 18.4. The highest BCUT2D eigenvalue weighted by atomic mass is 32.1. The van der Waals surface area contributed by atoms with Gasteiger partial charge in [0.1, 0.15) is 16.6 Å². The number of carbonyl (C=O) groups excluding carboxylic acids is 1. The molecule has 0 aliphatic heterocycles. The van der Waals surface area contributed by atoms with E-state index in [1.165, 1.54) is 12.1 Å². The molecule has 5 nitrogen and oxygen atoms in total. The summed E-state index contributed by atoms with van der Waals surface area (Å²) >= 11 is 1.60. The molecule has 2 aromatic carbocycles. The Morgan fingerprint density at radius 1 is 1.19 bits per heavy atom. The topological polar surface area (TPSA) is 54.5 Å². The molecule has 142 valence electrons. The molecule has 0 spiro atoms. The van der Waals surface area contributed by atoms with E-state index in [9.17, 15) is 9.18 Å². The fourth-order valence-electron chi connectivity index (χ4n) is 2.54. The average molecular weight is 387 g/mol. The molecule has 27 heavy (non-hydrogen) atoms. The van der Waals surface area contributed by atoms with Gasteiger partial charge in [0.25, 0.3) is 0 Å². The predicted octanol–water partition coefficient (Wildman–Crippen LogP) is 4.44. The second kappa shape index (κ2) is 9.32. The van der Waals surface area contributed by atoms with E-state index in [2.05, 4.69) is 10.3 Å². The van der Waals surface area contributed by atoms with E-state index < -0.39 is 0 Å². The molecule has 0 unspecified atom stereocenters. The van der Waals surface area contributed by atoms with E-state index in [-0.39, 0.29) is 11.8 Å². The Labute approximate surface area is 161 Å². The van der Waals surface area contributed by atoms with E-state index in [1.807, 2.05) is 24.3 Å². The number of fused-ring (bicyclic) bond motifs is 1. The monoisotopic (exact) mass is 387 g/mol. The number of unbranched alkanes of at least 4 members (excludes halogenated alkanes) is 1. The molecule has 1 N–H and O–H groups in total. The zero-order valence-corrected chi connectivity index (χ0v) is 16.0. The highest BCUT2D eigenvalue weighted by molar-refractivity contribution is 7.18. The highest BCUT2D eigenvalue weighted by Gasteiger charge is 2.11. The number of hydrogen-bond acceptors (Lipinski definition) is 4. The van der Waals surface area contributed by atoms with Crippen LogP contribution >= 0.6 is 11.3 Å². The molecule has 0 radical (unpaired) electrons. The van der Waals surface area contributed by atoms with Crippen LogP contribution in [0.5, 0.6) is 5.75 Å². The summed E-state index contributed by atoms with van der Waals surface area (Å²) < 4.78 is 19.5. The summed E-state index contributed by atoms with van der Waals surface area (Å²) in [5.74, 6) is 0.371. The Kier molecular flexibility index (Phi) is 6.59. The van der Waals surface area contributed by atoms with Crippen molar-refractivity contribution in [3.63, 3.8) is 0 Å². The van der Waals surface area contributed by atoms with E-state index in [0.29, 0.717) is 25.4 Å². The molecular weight excluding hydrogens is 365 g/mol. The number of rotatable bonds is 8. The second-order valence-corrected chi connectivity index (χ2v) is 7.29. The largest absolute Gasteiger partial charge is 0.494 e. The Balaban J connectivity index is 1.33. The normalized spacial score (nSPS) is 10.7. The van der Waals surface area contributed by atoms with Crippen molar-refractivity contribution in [1.82, 2.24) is 15.2 Å². The van der Waals surface area contributed by atoms with Gasteiger partial charge in [-0.2, -0.15) is 0 Å². The summed E-state index contributed by atoms with van der Waals surface area (Å²) in [7, 11) is 1.76. The van der Waals surface area contributed by atoms with Crippen molar-refractivity contribution in [2.45, 2.75) is 19.4 Å². The Morgan fingerprint density at radius 2 is 1.96 bits per heavy atom. The third kappa shape index (κ3) is 5.65. The lowest BCUT2D eigenvalue weighted by Gasteiger charge is -2.16. The van der Waals surface area contributed by atoms with Crippen LogP contribution in [0.3, 0.4) is 0 Å². The predicted molar refractivity (Wildman–Crippen MR) is 106 cm³/mol. The van der Waals surface area contributed by atoms with Crippen LogP contribution in [0.1, 0.15) is 17.8 Å². The molecule has 7 heteroatoms. The lowest BCUT2D eigenvalue weighted by atomic mass is 10.3. The fourth-order valence-corrected chi connectivity index (χ4v) is 3.56. The zero-order chi connectivity index (χ0) is 19.1. The lowest BCUT2D eigenvalue weighted by molar-refractivity contribution is 0.206. The van der Waals surface area contributed by atoms with Crippen molar-refractivity contribution in [1.29, 1.82) is 0 Å². The van der Waals surface area contributed by atoms with Crippen molar-refractivity contribution in [3.05, 3.63) is 59.4 Å². The number of aromatic nitrogens is 1. The maximum absolute atomic E-state index is 12.8. The summed E-state index contributed by atoms with van der Waals surface area (Å²) in [6.07, 6.45) is 1.61. The van der Waals surface area contributed by atoms with Crippen LogP contribution < -0.4 is 10.1 Å². The standard InChI is InChI=1S/C20H22FN3O2S/c1-24(14-19-23-17-6-2-3-7-18(17)27-19)20(25)22-12-4-5-13-26-16-10-8-15(21)9-11-16/h2-3,6-11H,4-5,12-14H2,1H3,(H,22,25). The lowest BCUT2D eigenvalue weighted by Crippen LogP contribution is -2.37. The number of urea groups is 1. The fraction of sp³-hybridized carbons (Fsp3) is 0.300. The molecule has 1 heterocycles. The minimum atomic E-state index is -0.278. The van der Waals surface area contributed by atoms with Crippen molar-refractivity contribution >= 4 is 27.6 Å². The Hall–Kier alpha value is -2.67. The number of halogens is 1. The first-order valence-corrected chi connectivity index (χ1v) is 9.65. The first kappa shape index (κ1) is 19.1. The van der Waals surface area contributed by atoms with Crippen molar-refractivity contribution in [2.75, 3.05) is 20.2 Å². The van der Waals surface area contributed by atoms with Gasteiger partial charge >= 0.3 is 6.03 Å². The number of nitrogens with zero attached hydrogens (tertiary/aromatic N) is 2. The highest BCUT2D eigenvalue weighted by Crippen LogP contribution is 2.22. The van der Waals surface area contributed by atoms with E-state index >= 15 is 0 Å². The number of thiazole rings is 1. The van der Waals surface area contributed by atoms with Crippen molar-refractivity contribution in [3.8, 4) is 5.75 Å². The molecule has 3 aromatic rings. The van der Waals surface area contributed by atoms with Gasteiger partial charge < -0.3 is 15.0 Å². The number of para-hydroxylation sites is 1. The van der Waals surface area contributed by atoms with Gasteiger partial charge in [0.15, 0.2) is 0 Å². The average Bonchev–Trinajstić information content (AvgIpc) is 3.08. The van der Waals surface area contributed by atoms with Gasteiger partial charge in [-0.05, 0) is 49.2 Å². The van der Waals surface area contributed by atoms with E-state index in [1.54, 1.807) is 35.4 Å². The van der Waals surface area contributed by atoms with Crippen molar-refractivity contribution < 1.29 is 13.9 Å². The number of hydrogen-bond donors (Lipinski definition) is 1. The third-order valence-corrected chi connectivity index (χ3v) is 5.01. The summed E-state index contributed by atoms with van der Waals surface area (Å²) in [6.45, 7) is 1.59. The molecule has 0 saturated carbocycles. The van der Waals surface area contributed by atoms with Crippen LogP contribution in [0.4, 0.5) is 9.18 Å². The van der Waals surface area contributed by atoms with Crippen LogP contribution in [0, 0.1) is 5.82 Å². The first-order chi connectivity index (χ1) is 13.1. The smallest absolute Gasteiger partial charge is 0.317 e. The third-order valence-electron chi connectivity index (χ3n) is 3.99. The van der Waals surface area contributed by atoms with Crippen LogP contribution in [0.15, 0.2) is 48.5 Å². The summed E-state index contributed by atoms with van der Waals surface area (Å²) in [5, 5.41) is 3.82. The molecule has 3 rings (SSSR count). The zero-order valence-electron chi connectivity index (χ0n) is 15.2. The van der Waals surface area contributed by atoms with E-state index in [0.717, 1.165) is 28.1 Å².